The molecule has 0 unspecified atom stereocenters. The Bertz CT molecular complexity index is 1140. The van der Waals surface area contributed by atoms with Crippen molar-refractivity contribution >= 4 is 40.0 Å². The number of aromatic nitrogens is 4. The highest BCUT2D eigenvalue weighted by molar-refractivity contribution is 6.08. The Balaban J connectivity index is 1.89. The van der Waals surface area contributed by atoms with Gasteiger partial charge in [-0.2, -0.15) is 4.98 Å². The van der Waals surface area contributed by atoms with E-state index >= 15 is 0 Å². The maximum Gasteiger partial charge on any atom is 0.257 e. The molecule has 0 fully saturated rings. The highest BCUT2D eigenvalue weighted by Gasteiger charge is 2.14. The third-order valence-corrected chi connectivity index (χ3v) is 4.36. The summed E-state index contributed by atoms with van der Waals surface area (Å²) in [6, 6.07) is 15.8. The van der Waals surface area contributed by atoms with Gasteiger partial charge in [-0.1, -0.05) is 24.3 Å². The number of rotatable bonds is 4. The molecule has 3 N–H and O–H groups in total. The molecule has 2 heterocycles. The average molecular weight is 343 g/mol. The maximum atomic E-state index is 7.50. The number of hydrogen-bond donors (Lipinski definition) is 2. The molecular weight excluding hydrogens is 326 g/mol. The van der Waals surface area contributed by atoms with E-state index in [2.05, 4.69) is 15.2 Å². The van der Waals surface area contributed by atoms with Crippen LogP contribution in [0.1, 0.15) is 5.56 Å². The van der Waals surface area contributed by atoms with Gasteiger partial charge in [0.05, 0.1) is 5.52 Å². The van der Waals surface area contributed by atoms with E-state index in [1.54, 1.807) is 6.33 Å². The van der Waals surface area contributed by atoms with Crippen molar-refractivity contribution in [1.29, 1.82) is 5.41 Å². The zero-order valence-corrected chi connectivity index (χ0v) is 14.2. The molecule has 0 aliphatic rings. The molecule has 0 saturated heterocycles. The number of anilines is 2. The molecule has 0 aliphatic heterocycles. The summed E-state index contributed by atoms with van der Waals surface area (Å²) in [6.07, 6.45) is 4.34. The maximum absolute atomic E-state index is 7.50. The van der Waals surface area contributed by atoms with Gasteiger partial charge in [-0.3, -0.25) is 4.40 Å². The van der Waals surface area contributed by atoms with Crippen molar-refractivity contribution in [2.24, 2.45) is 5.73 Å². The number of nitrogens with one attached hydrogen (secondary N) is 1. The minimum atomic E-state index is 0.545. The Hall–Kier alpha value is -3.74. The van der Waals surface area contributed by atoms with Gasteiger partial charge in [0.2, 0.25) is 0 Å². The summed E-state index contributed by atoms with van der Waals surface area (Å²) < 4.78 is 1.87. The van der Waals surface area contributed by atoms with Crippen LogP contribution in [0.3, 0.4) is 0 Å². The summed E-state index contributed by atoms with van der Waals surface area (Å²) in [5.41, 5.74) is 9.08. The number of para-hydroxylation sites is 1. The zero-order valence-electron chi connectivity index (χ0n) is 14.2. The fraction of sp³-hybridized carbons (Fsp3) is 0.0526. The topological polar surface area (TPSA) is 96.2 Å². The van der Waals surface area contributed by atoms with Crippen LogP contribution in [0.2, 0.25) is 0 Å². The molecule has 0 bridgehead atoms. The Kier molecular flexibility index (Phi) is 3.81. The summed E-state index contributed by atoms with van der Waals surface area (Å²) >= 11 is 0. The largest absolute Gasteiger partial charge is 0.404 e. The third kappa shape index (κ3) is 2.46. The molecular formula is C19H17N7. The Labute approximate surface area is 149 Å². The second-order valence-corrected chi connectivity index (χ2v) is 5.83. The highest BCUT2D eigenvalue weighted by Crippen LogP contribution is 2.31. The second-order valence-electron chi connectivity index (χ2n) is 5.83. The van der Waals surface area contributed by atoms with Crippen molar-refractivity contribution in [3.8, 4) is 0 Å². The van der Waals surface area contributed by atoms with E-state index in [9.17, 15) is 0 Å². The van der Waals surface area contributed by atoms with Crippen LogP contribution in [0, 0.1) is 5.41 Å². The molecule has 7 nitrogen and oxygen atoms in total. The lowest BCUT2D eigenvalue weighted by Gasteiger charge is -2.21. The fourth-order valence-corrected chi connectivity index (χ4v) is 3.00. The van der Waals surface area contributed by atoms with Crippen molar-refractivity contribution in [3.63, 3.8) is 0 Å². The SMILES string of the molecule is CN(c1cccc(/C(C=N)=C/N)c1)c1nc2nncn2c2ccccc12. The third-order valence-electron chi connectivity index (χ3n) is 4.36. The van der Waals surface area contributed by atoms with E-state index in [1.165, 1.54) is 12.4 Å². The van der Waals surface area contributed by atoms with Crippen LogP contribution in [0.15, 0.2) is 61.1 Å². The molecule has 0 spiro atoms. The number of nitrogens with zero attached hydrogens (tertiary/aromatic N) is 5. The van der Waals surface area contributed by atoms with Gasteiger partial charge in [-0.25, -0.2) is 0 Å². The molecule has 0 aliphatic carbocycles. The van der Waals surface area contributed by atoms with Gasteiger partial charge in [-0.05, 0) is 29.8 Å². The van der Waals surface area contributed by atoms with Gasteiger partial charge in [0.25, 0.3) is 5.78 Å². The molecule has 4 aromatic rings. The lowest BCUT2D eigenvalue weighted by molar-refractivity contribution is 1.08. The molecule has 26 heavy (non-hydrogen) atoms. The van der Waals surface area contributed by atoms with Gasteiger partial charge in [0, 0.05) is 36.1 Å². The first kappa shape index (κ1) is 15.8. The van der Waals surface area contributed by atoms with Crippen molar-refractivity contribution in [2.75, 3.05) is 11.9 Å². The van der Waals surface area contributed by atoms with Crippen LogP contribution in [-0.2, 0) is 0 Å². The number of nitrogens with two attached hydrogens (primary N) is 1. The first-order chi connectivity index (χ1) is 12.7. The summed E-state index contributed by atoms with van der Waals surface area (Å²) in [7, 11) is 1.96. The van der Waals surface area contributed by atoms with Crippen molar-refractivity contribution < 1.29 is 0 Å². The molecule has 0 radical (unpaired) electrons. The van der Waals surface area contributed by atoms with Crippen LogP contribution in [0.5, 0.6) is 0 Å². The smallest absolute Gasteiger partial charge is 0.257 e. The van der Waals surface area contributed by atoms with E-state index in [0.717, 1.165) is 28.0 Å². The molecule has 7 heteroatoms. The van der Waals surface area contributed by atoms with Crippen LogP contribution in [0.25, 0.3) is 22.3 Å². The normalized spacial score (nSPS) is 11.8. The quantitative estimate of drug-likeness (QED) is 0.555. The van der Waals surface area contributed by atoms with Gasteiger partial charge in [0.1, 0.15) is 12.1 Å². The highest BCUT2D eigenvalue weighted by atomic mass is 15.3. The van der Waals surface area contributed by atoms with E-state index in [4.69, 9.17) is 11.1 Å². The molecule has 2 aromatic carbocycles. The molecule has 4 rings (SSSR count). The van der Waals surface area contributed by atoms with E-state index in [-0.39, 0.29) is 0 Å². The Morgan fingerprint density at radius 1 is 1.19 bits per heavy atom. The monoisotopic (exact) mass is 343 g/mol. The standard InChI is InChI=1S/C19H17N7/c1-25(15-6-4-5-13(9-15)14(10-20)11-21)18-16-7-2-3-8-17(16)26-12-22-24-19(26)23-18/h2-12,20H,21H2,1H3/b14-11+,20-10?. The van der Waals surface area contributed by atoms with Crippen LogP contribution < -0.4 is 10.6 Å². The van der Waals surface area contributed by atoms with E-state index in [0.29, 0.717) is 11.4 Å². The van der Waals surface area contributed by atoms with Gasteiger partial charge >= 0.3 is 0 Å². The number of benzene rings is 2. The average Bonchev–Trinajstić information content (AvgIpc) is 3.17. The van der Waals surface area contributed by atoms with Gasteiger partial charge in [0.15, 0.2) is 0 Å². The fourth-order valence-electron chi connectivity index (χ4n) is 3.00. The van der Waals surface area contributed by atoms with Crippen LogP contribution in [-0.4, -0.2) is 32.8 Å². The molecule has 0 saturated carbocycles. The van der Waals surface area contributed by atoms with Crippen LogP contribution >= 0.6 is 0 Å². The minimum absolute atomic E-state index is 0.545. The first-order valence-corrected chi connectivity index (χ1v) is 8.08. The lowest BCUT2D eigenvalue weighted by atomic mass is 10.1. The Morgan fingerprint density at radius 2 is 2.04 bits per heavy atom. The summed E-state index contributed by atoms with van der Waals surface area (Å²) in [4.78, 5) is 6.68. The van der Waals surface area contributed by atoms with Gasteiger partial charge in [-0.15, -0.1) is 10.2 Å². The molecule has 0 amide bonds. The molecule has 0 atom stereocenters. The summed E-state index contributed by atoms with van der Waals surface area (Å²) in [5.74, 6) is 1.33. The molecule has 2 aromatic heterocycles. The zero-order chi connectivity index (χ0) is 18.1. The summed E-state index contributed by atoms with van der Waals surface area (Å²) in [6.45, 7) is 0. The first-order valence-electron chi connectivity index (χ1n) is 8.08. The van der Waals surface area contributed by atoms with E-state index < -0.39 is 0 Å². The Morgan fingerprint density at radius 3 is 2.85 bits per heavy atom. The predicted molar refractivity (Wildman–Crippen MR) is 104 cm³/mol. The number of hydrogen-bond acceptors (Lipinski definition) is 6. The van der Waals surface area contributed by atoms with Gasteiger partial charge < -0.3 is 16.0 Å². The number of allylic oxidation sites excluding steroid dienone is 1. The lowest BCUT2D eigenvalue weighted by Crippen LogP contribution is -2.13. The van der Waals surface area contributed by atoms with Crippen molar-refractivity contribution in [3.05, 3.63) is 66.6 Å². The van der Waals surface area contributed by atoms with Crippen LogP contribution in [0.4, 0.5) is 11.5 Å². The van der Waals surface area contributed by atoms with E-state index in [1.807, 2.05) is 64.9 Å². The number of fused-ring (bicyclic) bond motifs is 3. The van der Waals surface area contributed by atoms with Crippen molar-refractivity contribution in [1.82, 2.24) is 19.6 Å². The minimum Gasteiger partial charge on any atom is -0.404 e. The van der Waals surface area contributed by atoms with Crippen molar-refractivity contribution in [2.45, 2.75) is 0 Å². The second kappa shape index (κ2) is 6.29. The molecule has 128 valence electrons. The predicted octanol–water partition coefficient (Wildman–Crippen LogP) is 2.99. The summed E-state index contributed by atoms with van der Waals surface area (Å²) in [5, 5.41) is 16.6.